The summed E-state index contributed by atoms with van der Waals surface area (Å²) in [5, 5.41) is 0. The van der Waals surface area contributed by atoms with E-state index in [4.69, 9.17) is 5.73 Å². The zero-order chi connectivity index (χ0) is 12.4. The first-order valence-electron chi connectivity index (χ1n) is 6.26. The lowest BCUT2D eigenvalue weighted by Gasteiger charge is -2.30. The molecule has 2 rings (SSSR count). The quantitative estimate of drug-likeness (QED) is 0.797. The lowest BCUT2D eigenvalue weighted by Crippen LogP contribution is -2.36. The molecule has 0 unspecified atom stereocenters. The lowest BCUT2D eigenvalue weighted by atomic mass is 10.00. The molecule has 92 valence electrons. The van der Waals surface area contributed by atoms with E-state index in [-0.39, 0.29) is 5.91 Å². The number of anilines is 2. The van der Waals surface area contributed by atoms with Crippen molar-refractivity contribution in [2.45, 2.75) is 33.1 Å². The van der Waals surface area contributed by atoms with E-state index in [1.807, 2.05) is 23.1 Å². The third kappa shape index (κ3) is 2.60. The van der Waals surface area contributed by atoms with E-state index in [1.54, 1.807) is 0 Å². The van der Waals surface area contributed by atoms with E-state index >= 15 is 0 Å². The minimum absolute atomic E-state index is 0.214. The summed E-state index contributed by atoms with van der Waals surface area (Å²) in [5.74, 6) is 0.612. The first kappa shape index (κ1) is 12.0. The zero-order valence-corrected chi connectivity index (χ0v) is 10.6. The highest BCUT2D eigenvalue weighted by Crippen LogP contribution is 2.29. The first-order chi connectivity index (χ1) is 8.08. The van der Waals surface area contributed by atoms with Crippen LogP contribution in [-0.2, 0) is 11.2 Å². The van der Waals surface area contributed by atoms with E-state index in [0.717, 1.165) is 30.8 Å². The Bertz CT molecular complexity index is 426. The van der Waals surface area contributed by atoms with Crippen molar-refractivity contribution in [3.8, 4) is 0 Å². The Kier molecular flexibility index (Phi) is 3.36. The number of hydrogen-bond acceptors (Lipinski definition) is 2. The molecular weight excluding hydrogens is 212 g/mol. The van der Waals surface area contributed by atoms with Gasteiger partial charge in [0.2, 0.25) is 5.91 Å². The molecule has 3 heteroatoms. The molecule has 0 radical (unpaired) electrons. The third-order valence-electron chi connectivity index (χ3n) is 3.11. The Balaban J connectivity index is 2.27. The van der Waals surface area contributed by atoms with Crippen LogP contribution < -0.4 is 10.6 Å². The molecule has 1 heterocycles. The number of carbonyl (C=O) groups is 1. The number of nitrogens with zero attached hydrogens (tertiary/aromatic N) is 1. The van der Waals surface area contributed by atoms with Crippen molar-refractivity contribution in [1.82, 2.24) is 0 Å². The minimum Gasteiger partial charge on any atom is -0.399 e. The Morgan fingerprint density at radius 3 is 2.94 bits per heavy atom. The van der Waals surface area contributed by atoms with E-state index in [0.29, 0.717) is 12.3 Å². The van der Waals surface area contributed by atoms with Crippen LogP contribution in [0.5, 0.6) is 0 Å². The SMILES string of the molecule is CC(C)CC(=O)N1CCCc2ccc(N)cc21. The number of carbonyl (C=O) groups excluding carboxylic acids is 1. The van der Waals surface area contributed by atoms with Crippen LogP contribution in [0.25, 0.3) is 0 Å². The van der Waals surface area contributed by atoms with Crippen LogP contribution in [0.1, 0.15) is 32.3 Å². The van der Waals surface area contributed by atoms with Crippen LogP contribution in [0, 0.1) is 5.92 Å². The number of nitrogens with two attached hydrogens (primary N) is 1. The van der Waals surface area contributed by atoms with Gasteiger partial charge in [-0.2, -0.15) is 0 Å². The van der Waals surface area contributed by atoms with Crippen molar-refractivity contribution in [1.29, 1.82) is 0 Å². The summed E-state index contributed by atoms with van der Waals surface area (Å²) in [6, 6.07) is 5.88. The lowest BCUT2D eigenvalue weighted by molar-refractivity contribution is -0.119. The highest BCUT2D eigenvalue weighted by Gasteiger charge is 2.22. The minimum atomic E-state index is 0.214. The van der Waals surface area contributed by atoms with Crippen molar-refractivity contribution >= 4 is 17.3 Å². The number of fused-ring (bicyclic) bond motifs is 1. The maximum absolute atomic E-state index is 12.2. The van der Waals surface area contributed by atoms with Gasteiger partial charge in [0.15, 0.2) is 0 Å². The monoisotopic (exact) mass is 232 g/mol. The normalized spacial score (nSPS) is 14.9. The van der Waals surface area contributed by atoms with E-state index < -0.39 is 0 Å². The van der Waals surface area contributed by atoms with Gasteiger partial charge in [-0.05, 0) is 36.5 Å². The van der Waals surface area contributed by atoms with Crippen LogP contribution in [0.15, 0.2) is 18.2 Å². The summed E-state index contributed by atoms with van der Waals surface area (Å²) in [6.07, 6.45) is 2.69. The molecule has 0 saturated heterocycles. The van der Waals surface area contributed by atoms with E-state index in [1.165, 1.54) is 5.56 Å². The Labute approximate surface area is 103 Å². The highest BCUT2D eigenvalue weighted by atomic mass is 16.2. The maximum atomic E-state index is 12.2. The molecule has 1 aliphatic rings. The fourth-order valence-electron chi connectivity index (χ4n) is 2.31. The fraction of sp³-hybridized carbons (Fsp3) is 0.500. The number of benzene rings is 1. The molecule has 0 bridgehead atoms. The van der Waals surface area contributed by atoms with Gasteiger partial charge in [-0.3, -0.25) is 4.79 Å². The smallest absolute Gasteiger partial charge is 0.227 e. The number of hydrogen-bond donors (Lipinski definition) is 1. The van der Waals surface area contributed by atoms with Gasteiger partial charge in [0.25, 0.3) is 0 Å². The summed E-state index contributed by atoms with van der Waals surface area (Å²) in [7, 11) is 0. The molecule has 1 amide bonds. The Morgan fingerprint density at radius 1 is 1.47 bits per heavy atom. The molecule has 0 aliphatic carbocycles. The summed E-state index contributed by atoms with van der Waals surface area (Å²) in [6.45, 7) is 4.96. The zero-order valence-electron chi connectivity index (χ0n) is 10.6. The second-order valence-electron chi connectivity index (χ2n) is 5.14. The molecule has 0 saturated carbocycles. The Morgan fingerprint density at radius 2 is 2.24 bits per heavy atom. The largest absolute Gasteiger partial charge is 0.399 e. The van der Waals surface area contributed by atoms with Gasteiger partial charge < -0.3 is 10.6 Å². The summed E-state index contributed by atoms with van der Waals surface area (Å²) < 4.78 is 0. The van der Waals surface area contributed by atoms with Crippen molar-refractivity contribution < 1.29 is 4.79 Å². The van der Waals surface area contributed by atoms with Crippen LogP contribution in [0.3, 0.4) is 0 Å². The molecule has 2 N–H and O–H groups in total. The van der Waals surface area contributed by atoms with Gasteiger partial charge in [-0.15, -0.1) is 0 Å². The van der Waals surface area contributed by atoms with Gasteiger partial charge in [0.05, 0.1) is 0 Å². The first-order valence-corrected chi connectivity index (χ1v) is 6.26. The second-order valence-corrected chi connectivity index (χ2v) is 5.14. The van der Waals surface area contributed by atoms with Gasteiger partial charge in [0, 0.05) is 24.3 Å². The molecule has 1 aliphatic heterocycles. The summed E-state index contributed by atoms with van der Waals surface area (Å²) in [5.41, 5.74) is 8.79. The molecule has 0 spiro atoms. The van der Waals surface area contributed by atoms with Crippen molar-refractivity contribution in [2.24, 2.45) is 5.92 Å². The maximum Gasteiger partial charge on any atom is 0.227 e. The van der Waals surface area contributed by atoms with Gasteiger partial charge in [0.1, 0.15) is 0 Å². The predicted molar refractivity (Wildman–Crippen MR) is 71.0 cm³/mol. The van der Waals surface area contributed by atoms with Gasteiger partial charge in [-0.1, -0.05) is 19.9 Å². The van der Waals surface area contributed by atoms with Crippen molar-refractivity contribution in [2.75, 3.05) is 17.2 Å². The highest BCUT2D eigenvalue weighted by molar-refractivity contribution is 5.95. The van der Waals surface area contributed by atoms with Gasteiger partial charge in [-0.25, -0.2) is 0 Å². The van der Waals surface area contributed by atoms with Crippen molar-refractivity contribution in [3.63, 3.8) is 0 Å². The third-order valence-corrected chi connectivity index (χ3v) is 3.11. The van der Waals surface area contributed by atoms with Gasteiger partial charge >= 0.3 is 0 Å². The molecule has 17 heavy (non-hydrogen) atoms. The van der Waals surface area contributed by atoms with Crippen LogP contribution in [0.2, 0.25) is 0 Å². The molecule has 1 aromatic rings. The number of amides is 1. The number of aryl methyl sites for hydroxylation is 1. The molecule has 0 fully saturated rings. The van der Waals surface area contributed by atoms with Crippen molar-refractivity contribution in [3.05, 3.63) is 23.8 Å². The average Bonchev–Trinajstić information content (AvgIpc) is 2.27. The topological polar surface area (TPSA) is 46.3 Å². The standard InChI is InChI=1S/C14H20N2O/c1-10(2)8-14(17)16-7-3-4-11-5-6-12(15)9-13(11)16/h5-6,9-10H,3-4,7-8,15H2,1-2H3. The fourth-order valence-corrected chi connectivity index (χ4v) is 2.31. The number of nitrogen functional groups attached to an aromatic ring is 1. The molecule has 1 aromatic carbocycles. The molecule has 0 atom stereocenters. The van der Waals surface area contributed by atoms with E-state index in [9.17, 15) is 4.79 Å². The average molecular weight is 232 g/mol. The molecule has 3 nitrogen and oxygen atoms in total. The number of rotatable bonds is 2. The second kappa shape index (κ2) is 4.78. The van der Waals surface area contributed by atoms with E-state index in [2.05, 4.69) is 13.8 Å². The van der Waals surface area contributed by atoms with Crippen LogP contribution in [0.4, 0.5) is 11.4 Å². The summed E-state index contributed by atoms with van der Waals surface area (Å²) in [4.78, 5) is 14.1. The predicted octanol–water partition coefficient (Wildman–Crippen LogP) is 2.59. The summed E-state index contributed by atoms with van der Waals surface area (Å²) >= 11 is 0. The van der Waals surface area contributed by atoms with Crippen LogP contribution in [-0.4, -0.2) is 12.5 Å². The Hall–Kier alpha value is -1.51. The molecular formula is C14H20N2O. The van der Waals surface area contributed by atoms with Crippen LogP contribution >= 0.6 is 0 Å². The molecule has 0 aromatic heterocycles.